The molecule has 0 aromatic heterocycles. The van der Waals surface area contributed by atoms with Crippen LogP contribution in [-0.4, -0.2) is 18.8 Å². The Bertz CT molecular complexity index is 172. The van der Waals surface area contributed by atoms with E-state index in [0.29, 0.717) is 0 Å². The van der Waals surface area contributed by atoms with Gasteiger partial charge in [0.25, 0.3) is 0 Å². The SMILES string of the molecule is O=C(OCC1CCC1)C(F)(F)F. The second-order valence-corrected chi connectivity index (χ2v) is 2.89. The van der Waals surface area contributed by atoms with Gasteiger partial charge in [0.15, 0.2) is 0 Å². The van der Waals surface area contributed by atoms with Gasteiger partial charge >= 0.3 is 12.1 Å². The largest absolute Gasteiger partial charge is 0.490 e. The number of halogens is 3. The standard InChI is InChI=1S/C7H9F3O2/c8-7(9,10)6(11)12-4-5-2-1-3-5/h5H,1-4H2. The molecule has 0 atom stereocenters. The Kier molecular flexibility index (Phi) is 2.59. The summed E-state index contributed by atoms with van der Waals surface area (Å²) in [7, 11) is 0. The van der Waals surface area contributed by atoms with Crippen LogP contribution < -0.4 is 0 Å². The molecular formula is C7H9F3O2. The predicted molar refractivity (Wildman–Crippen MR) is 34.4 cm³/mol. The molecular weight excluding hydrogens is 173 g/mol. The lowest BCUT2D eigenvalue weighted by molar-refractivity contribution is -0.201. The molecule has 1 fully saturated rings. The topological polar surface area (TPSA) is 26.3 Å². The number of hydrogen-bond donors (Lipinski definition) is 0. The molecule has 0 heterocycles. The van der Waals surface area contributed by atoms with Gasteiger partial charge in [-0.15, -0.1) is 0 Å². The Hall–Kier alpha value is -0.740. The zero-order valence-corrected chi connectivity index (χ0v) is 6.36. The summed E-state index contributed by atoms with van der Waals surface area (Å²) in [6.45, 7) is -0.0850. The van der Waals surface area contributed by atoms with Gasteiger partial charge in [0, 0.05) is 0 Å². The number of rotatable bonds is 2. The summed E-state index contributed by atoms with van der Waals surface area (Å²) >= 11 is 0. The van der Waals surface area contributed by atoms with Gasteiger partial charge in [-0.2, -0.15) is 13.2 Å². The highest BCUT2D eigenvalue weighted by Gasteiger charge is 2.41. The zero-order valence-electron chi connectivity index (χ0n) is 6.36. The summed E-state index contributed by atoms with van der Waals surface area (Å²) in [6, 6.07) is 0. The van der Waals surface area contributed by atoms with Gasteiger partial charge in [-0.1, -0.05) is 6.42 Å². The summed E-state index contributed by atoms with van der Waals surface area (Å²) in [5, 5.41) is 0. The van der Waals surface area contributed by atoms with Crippen LogP contribution in [0.2, 0.25) is 0 Å². The van der Waals surface area contributed by atoms with Crippen LogP contribution in [0.3, 0.4) is 0 Å². The van der Waals surface area contributed by atoms with Crippen molar-refractivity contribution in [1.82, 2.24) is 0 Å². The molecule has 1 saturated carbocycles. The van der Waals surface area contributed by atoms with E-state index in [2.05, 4.69) is 4.74 Å². The van der Waals surface area contributed by atoms with E-state index in [-0.39, 0.29) is 12.5 Å². The third-order valence-electron chi connectivity index (χ3n) is 1.91. The first kappa shape index (κ1) is 9.35. The van der Waals surface area contributed by atoms with Crippen LogP contribution in [0.5, 0.6) is 0 Å². The molecule has 0 N–H and O–H groups in total. The normalized spacial score (nSPS) is 18.6. The van der Waals surface area contributed by atoms with Gasteiger partial charge in [0.2, 0.25) is 0 Å². The molecule has 0 spiro atoms. The fraction of sp³-hybridized carbons (Fsp3) is 0.857. The number of alkyl halides is 3. The summed E-state index contributed by atoms with van der Waals surface area (Å²) < 4.78 is 38.7. The minimum atomic E-state index is -4.84. The van der Waals surface area contributed by atoms with Crippen LogP contribution in [-0.2, 0) is 9.53 Å². The molecule has 0 saturated heterocycles. The lowest BCUT2D eigenvalue weighted by Gasteiger charge is -2.24. The van der Waals surface area contributed by atoms with Crippen LogP contribution >= 0.6 is 0 Å². The Morgan fingerprint density at radius 3 is 2.33 bits per heavy atom. The second kappa shape index (κ2) is 3.33. The first-order valence-corrected chi connectivity index (χ1v) is 3.74. The van der Waals surface area contributed by atoms with Crippen molar-refractivity contribution < 1.29 is 22.7 Å². The first-order chi connectivity index (χ1) is 5.50. The highest BCUT2D eigenvalue weighted by molar-refractivity contribution is 5.75. The molecule has 12 heavy (non-hydrogen) atoms. The van der Waals surface area contributed by atoms with E-state index in [4.69, 9.17) is 0 Å². The Balaban J connectivity index is 2.17. The smallest absolute Gasteiger partial charge is 0.459 e. The fourth-order valence-corrected chi connectivity index (χ4v) is 0.935. The minimum absolute atomic E-state index is 0.0850. The van der Waals surface area contributed by atoms with Gasteiger partial charge in [-0.25, -0.2) is 4.79 Å². The number of hydrogen-bond acceptors (Lipinski definition) is 2. The van der Waals surface area contributed by atoms with E-state index < -0.39 is 12.1 Å². The van der Waals surface area contributed by atoms with Crippen LogP contribution in [0.25, 0.3) is 0 Å². The lowest BCUT2D eigenvalue weighted by Crippen LogP contribution is -2.29. The van der Waals surface area contributed by atoms with Crippen molar-refractivity contribution in [1.29, 1.82) is 0 Å². The van der Waals surface area contributed by atoms with E-state index >= 15 is 0 Å². The Morgan fingerprint density at radius 2 is 2.00 bits per heavy atom. The molecule has 1 rings (SSSR count). The number of carbonyl (C=O) groups is 1. The summed E-state index contributed by atoms with van der Waals surface area (Å²) in [5.74, 6) is -1.93. The number of carbonyl (C=O) groups excluding carboxylic acids is 1. The van der Waals surface area contributed by atoms with Crippen molar-refractivity contribution in [2.75, 3.05) is 6.61 Å². The minimum Gasteiger partial charge on any atom is -0.459 e. The molecule has 70 valence electrons. The molecule has 0 aliphatic heterocycles. The highest BCUT2D eigenvalue weighted by atomic mass is 19.4. The van der Waals surface area contributed by atoms with E-state index in [9.17, 15) is 18.0 Å². The van der Waals surface area contributed by atoms with Crippen molar-refractivity contribution in [3.05, 3.63) is 0 Å². The Morgan fingerprint density at radius 1 is 1.42 bits per heavy atom. The molecule has 1 aliphatic carbocycles. The maximum atomic E-state index is 11.5. The fourth-order valence-electron chi connectivity index (χ4n) is 0.935. The molecule has 2 nitrogen and oxygen atoms in total. The van der Waals surface area contributed by atoms with Crippen LogP contribution in [0.1, 0.15) is 19.3 Å². The number of esters is 1. The van der Waals surface area contributed by atoms with Gasteiger partial charge in [0.05, 0.1) is 6.61 Å². The lowest BCUT2D eigenvalue weighted by atomic mass is 9.86. The van der Waals surface area contributed by atoms with Crippen molar-refractivity contribution in [2.45, 2.75) is 25.4 Å². The molecule has 0 aromatic rings. The molecule has 0 bridgehead atoms. The van der Waals surface area contributed by atoms with E-state index in [1.54, 1.807) is 0 Å². The van der Waals surface area contributed by atoms with Gasteiger partial charge < -0.3 is 4.74 Å². The second-order valence-electron chi connectivity index (χ2n) is 2.89. The van der Waals surface area contributed by atoms with Crippen molar-refractivity contribution in [2.24, 2.45) is 5.92 Å². The molecule has 5 heteroatoms. The van der Waals surface area contributed by atoms with Crippen LogP contribution in [0.4, 0.5) is 13.2 Å². The quantitative estimate of drug-likeness (QED) is 0.609. The third-order valence-corrected chi connectivity index (χ3v) is 1.91. The van der Waals surface area contributed by atoms with E-state index in [1.807, 2.05) is 0 Å². The first-order valence-electron chi connectivity index (χ1n) is 3.74. The van der Waals surface area contributed by atoms with Crippen molar-refractivity contribution in [3.8, 4) is 0 Å². The maximum Gasteiger partial charge on any atom is 0.490 e. The van der Waals surface area contributed by atoms with Crippen molar-refractivity contribution in [3.63, 3.8) is 0 Å². The summed E-state index contributed by atoms with van der Waals surface area (Å²) in [6.07, 6.45) is -2.09. The summed E-state index contributed by atoms with van der Waals surface area (Å²) in [4.78, 5) is 10.2. The predicted octanol–water partition coefficient (Wildman–Crippen LogP) is 1.89. The van der Waals surface area contributed by atoms with Crippen LogP contribution in [0.15, 0.2) is 0 Å². The Labute approximate surface area is 67.7 Å². The average Bonchev–Trinajstić information content (AvgIpc) is 1.81. The summed E-state index contributed by atoms with van der Waals surface area (Å²) in [5.41, 5.74) is 0. The number of ether oxygens (including phenoxy) is 1. The van der Waals surface area contributed by atoms with E-state index in [0.717, 1.165) is 19.3 Å². The molecule has 0 radical (unpaired) electrons. The third kappa shape index (κ3) is 2.39. The molecule has 0 aromatic carbocycles. The maximum absolute atomic E-state index is 11.5. The molecule has 1 aliphatic rings. The highest BCUT2D eigenvalue weighted by Crippen LogP contribution is 2.27. The zero-order chi connectivity index (χ0) is 9.19. The van der Waals surface area contributed by atoms with Crippen LogP contribution in [0, 0.1) is 5.92 Å². The van der Waals surface area contributed by atoms with E-state index in [1.165, 1.54) is 0 Å². The van der Waals surface area contributed by atoms with Crippen molar-refractivity contribution >= 4 is 5.97 Å². The molecule has 0 amide bonds. The molecule has 0 unspecified atom stereocenters. The average molecular weight is 182 g/mol. The van der Waals surface area contributed by atoms with Gasteiger partial charge in [-0.3, -0.25) is 0 Å². The monoisotopic (exact) mass is 182 g/mol. The van der Waals surface area contributed by atoms with Gasteiger partial charge in [-0.05, 0) is 18.8 Å². The van der Waals surface area contributed by atoms with Gasteiger partial charge in [0.1, 0.15) is 0 Å².